The highest BCUT2D eigenvalue weighted by Crippen LogP contribution is 2.44. The van der Waals surface area contributed by atoms with Crippen molar-refractivity contribution in [3.05, 3.63) is 34.2 Å². The Kier molecular flexibility index (Phi) is 1.71. The first-order valence-corrected chi connectivity index (χ1v) is 5.51. The van der Waals surface area contributed by atoms with Gasteiger partial charge in [0, 0.05) is 21.6 Å². The molecule has 0 atom stereocenters. The molecule has 1 aliphatic carbocycles. The maximum atomic E-state index is 13.1. The molecule has 0 aliphatic heterocycles. The fourth-order valence-electron chi connectivity index (χ4n) is 1.92. The number of aromatic amines is 1. The van der Waals surface area contributed by atoms with Crippen LogP contribution in [0.5, 0.6) is 0 Å². The first-order valence-electron chi connectivity index (χ1n) is 4.72. The Morgan fingerprint density at radius 1 is 1.36 bits per heavy atom. The van der Waals surface area contributed by atoms with Crippen molar-refractivity contribution in [1.29, 1.82) is 0 Å². The van der Waals surface area contributed by atoms with Crippen LogP contribution in [0.25, 0.3) is 10.9 Å². The number of hydrogen-bond donors (Lipinski definition) is 1. The van der Waals surface area contributed by atoms with Crippen molar-refractivity contribution < 1.29 is 4.39 Å². The summed E-state index contributed by atoms with van der Waals surface area (Å²) in [6.45, 7) is 0. The number of H-pyrrole nitrogens is 1. The van der Waals surface area contributed by atoms with Crippen LogP contribution in [-0.2, 0) is 0 Å². The number of fused-ring (bicyclic) bond motifs is 1. The Hall–Kier alpha value is -0.830. The largest absolute Gasteiger partial charge is 0.361 e. The molecule has 3 heteroatoms. The molecular weight excluding hydrogens is 245 g/mol. The molecule has 1 aromatic heterocycles. The average Bonchev–Trinajstić information content (AvgIpc) is 2.87. The van der Waals surface area contributed by atoms with Crippen LogP contribution < -0.4 is 0 Å². The van der Waals surface area contributed by atoms with Gasteiger partial charge in [0.15, 0.2) is 0 Å². The molecule has 2 aromatic rings. The lowest BCUT2D eigenvalue weighted by molar-refractivity contribution is 0.628. The summed E-state index contributed by atoms with van der Waals surface area (Å²) in [5.74, 6) is 0.485. The highest BCUT2D eigenvalue weighted by molar-refractivity contribution is 9.10. The molecule has 72 valence electrons. The fourth-order valence-corrected chi connectivity index (χ4v) is 2.59. The van der Waals surface area contributed by atoms with Crippen molar-refractivity contribution in [2.24, 2.45) is 0 Å². The van der Waals surface area contributed by atoms with E-state index < -0.39 is 0 Å². The fraction of sp³-hybridized carbons (Fsp3) is 0.273. The number of hydrogen-bond acceptors (Lipinski definition) is 0. The van der Waals surface area contributed by atoms with E-state index in [2.05, 4.69) is 20.9 Å². The molecule has 1 aromatic carbocycles. The molecule has 1 fully saturated rings. The standard InChI is InChI=1S/C11H9BrFN/c12-9-3-7(13)4-10-11(9)8(5-14-10)6-1-2-6/h3-6,14H,1-2H2. The second kappa shape index (κ2) is 2.83. The normalized spacial score (nSPS) is 16.4. The van der Waals surface area contributed by atoms with Crippen LogP contribution in [0.4, 0.5) is 4.39 Å². The molecule has 0 unspecified atom stereocenters. The minimum Gasteiger partial charge on any atom is -0.361 e. The summed E-state index contributed by atoms with van der Waals surface area (Å²) in [4.78, 5) is 3.12. The molecule has 3 rings (SSSR count). The zero-order valence-electron chi connectivity index (χ0n) is 7.48. The summed E-state index contributed by atoms with van der Waals surface area (Å²) >= 11 is 3.41. The van der Waals surface area contributed by atoms with E-state index >= 15 is 0 Å². The van der Waals surface area contributed by atoms with Gasteiger partial charge in [0.2, 0.25) is 0 Å². The number of halogens is 2. The van der Waals surface area contributed by atoms with Gasteiger partial charge in [-0.15, -0.1) is 0 Å². The van der Waals surface area contributed by atoms with E-state index in [1.165, 1.54) is 24.5 Å². The second-order valence-electron chi connectivity index (χ2n) is 3.83. The van der Waals surface area contributed by atoms with Crippen molar-refractivity contribution in [2.75, 3.05) is 0 Å². The van der Waals surface area contributed by atoms with Crippen molar-refractivity contribution in [2.45, 2.75) is 18.8 Å². The first kappa shape index (κ1) is 8.48. The molecule has 0 radical (unpaired) electrons. The number of nitrogens with one attached hydrogen (secondary N) is 1. The number of benzene rings is 1. The Morgan fingerprint density at radius 2 is 2.14 bits per heavy atom. The summed E-state index contributed by atoms with van der Waals surface area (Å²) in [6, 6.07) is 3.08. The van der Waals surface area contributed by atoms with E-state index in [4.69, 9.17) is 0 Å². The molecule has 1 saturated carbocycles. The van der Waals surface area contributed by atoms with Gasteiger partial charge in [-0.25, -0.2) is 4.39 Å². The molecule has 0 bridgehead atoms. The summed E-state index contributed by atoms with van der Waals surface area (Å²) in [5.41, 5.74) is 2.21. The lowest BCUT2D eigenvalue weighted by Crippen LogP contribution is -1.79. The number of aromatic nitrogens is 1. The topological polar surface area (TPSA) is 15.8 Å². The summed E-state index contributed by atoms with van der Waals surface area (Å²) in [5, 5.41) is 1.15. The summed E-state index contributed by atoms with van der Waals surface area (Å²) in [7, 11) is 0. The van der Waals surface area contributed by atoms with E-state index in [9.17, 15) is 4.39 Å². The minimum absolute atomic E-state index is 0.200. The van der Waals surface area contributed by atoms with Crippen LogP contribution in [0.2, 0.25) is 0 Å². The third-order valence-corrected chi connectivity index (χ3v) is 3.37. The second-order valence-corrected chi connectivity index (χ2v) is 4.68. The lowest BCUT2D eigenvalue weighted by Gasteiger charge is -1.98. The van der Waals surface area contributed by atoms with Crippen LogP contribution in [0.15, 0.2) is 22.8 Å². The summed E-state index contributed by atoms with van der Waals surface area (Å²) < 4.78 is 13.9. The third kappa shape index (κ3) is 1.19. The zero-order valence-corrected chi connectivity index (χ0v) is 9.07. The van der Waals surface area contributed by atoms with Gasteiger partial charge >= 0.3 is 0 Å². The zero-order chi connectivity index (χ0) is 9.71. The maximum Gasteiger partial charge on any atom is 0.126 e. The molecule has 1 N–H and O–H groups in total. The van der Waals surface area contributed by atoms with Crippen LogP contribution in [0.3, 0.4) is 0 Å². The Morgan fingerprint density at radius 3 is 2.86 bits per heavy atom. The van der Waals surface area contributed by atoms with Crippen LogP contribution in [-0.4, -0.2) is 4.98 Å². The number of rotatable bonds is 1. The maximum absolute atomic E-state index is 13.1. The summed E-state index contributed by atoms with van der Waals surface area (Å²) in [6.07, 6.45) is 4.53. The molecule has 1 aliphatic rings. The van der Waals surface area contributed by atoms with Gasteiger partial charge in [-0.3, -0.25) is 0 Å². The predicted octanol–water partition coefficient (Wildman–Crippen LogP) is 3.95. The molecule has 0 amide bonds. The molecule has 14 heavy (non-hydrogen) atoms. The van der Waals surface area contributed by atoms with Gasteiger partial charge in [0.1, 0.15) is 5.82 Å². The van der Waals surface area contributed by atoms with Gasteiger partial charge in [0.05, 0.1) is 0 Å². The highest BCUT2D eigenvalue weighted by atomic mass is 79.9. The van der Waals surface area contributed by atoms with Gasteiger partial charge in [-0.1, -0.05) is 0 Å². The van der Waals surface area contributed by atoms with Crippen LogP contribution in [0.1, 0.15) is 24.3 Å². The van der Waals surface area contributed by atoms with E-state index in [1.54, 1.807) is 6.07 Å². The molecule has 1 heterocycles. The first-order chi connectivity index (χ1) is 6.75. The van der Waals surface area contributed by atoms with Crippen molar-refractivity contribution >= 4 is 26.8 Å². The van der Waals surface area contributed by atoms with Gasteiger partial charge < -0.3 is 4.98 Å². The van der Waals surface area contributed by atoms with Gasteiger partial charge in [0.25, 0.3) is 0 Å². The average molecular weight is 254 g/mol. The quantitative estimate of drug-likeness (QED) is 0.793. The smallest absolute Gasteiger partial charge is 0.126 e. The Balaban J connectivity index is 2.33. The van der Waals surface area contributed by atoms with E-state index in [1.807, 2.05) is 6.20 Å². The van der Waals surface area contributed by atoms with E-state index in [-0.39, 0.29) is 5.82 Å². The monoisotopic (exact) mass is 253 g/mol. The minimum atomic E-state index is -0.200. The van der Waals surface area contributed by atoms with Crippen molar-refractivity contribution in [1.82, 2.24) is 4.98 Å². The predicted molar refractivity (Wildman–Crippen MR) is 57.9 cm³/mol. The van der Waals surface area contributed by atoms with Gasteiger partial charge in [-0.2, -0.15) is 0 Å². The molecular formula is C11H9BrFN. The molecule has 0 saturated heterocycles. The molecule has 1 nitrogen and oxygen atoms in total. The van der Waals surface area contributed by atoms with Crippen LogP contribution in [0, 0.1) is 5.82 Å². The Labute approximate surface area is 89.4 Å². The third-order valence-electron chi connectivity index (χ3n) is 2.74. The molecule has 0 spiro atoms. The van der Waals surface area contributed by atoms with Crippen LogP contribution >= 0.6 is 15.9 Å². The lowest BCUT2D eigenvalue weighted by atomic mass is 10.1. The highest BCUT2D eigenvalue weighted by Gasteiger charge is 2.27. The van der Waals surface area contributed by atoms with E-state index in [0.717, 1.165) is 15.4 Å². The van der Waals surface area contributed by atoms with E-state index in [0.29, 0.717) is 5.92 Å². The Bertz CT molecular complexity index is 499. The SMILES string of the molecule is Fc1cc(Br)c2c(C3CC3)c[nH]c2c1. The van der Waals surface area contributed by atoms with Gasteiger partial charge in [-0.05, 0) is 52.4 Å². The van der Waals surface area contributed by atoms with Crippen molar-refractivity contribution in [3.63, 3.8) is 0 Å². The van der Waals surface area contributed by atoms with Crippen molar-refractivity contribution in [3.8, 4) is 0 Å².